The molecule has 0 radical (unpaired) electrons. The lowest BCUT2D eigenvalue weighted by molar-refractivity contribution is -0.274. The van der Waals surface area contributed by atoms with Crippen molar-refractivity contribution < 1.29 is 32.2 Å². The van der Waals surface area contributed by atoms with Crippen LogP contribution in [0.1, 0.15) is 50.1 Å². The Morgan fingerprint density at radius 1 is 1.24 bits per heavy atom. The van der Waals surface area contributed by atoms with Gasteiger partial charge in [-0.1, -0.05) is 25.0 Å². The molecule has 1 aromatic rings. The molecule has 0 saturated heterocycles. The summed E-state index contributed by atoms with van der Waals surface area (Å²) in [6, 6.07) is 4.12. The number of halogens is 3. The topological polar surface area (TPSA) is 92.3 Å². The Balaban J connectivity index is 1.51. The zero-order valence-electron chi connectivity index (χ0n) is 17.9. The van der Waals surface area contributed by atoms with Gasteiger partial charge in [0.1, 0.15) is 12.3 Å². The van der Waals surface area contributed by atoms with Crippen molar-refractivity contribution in [3.63, 3.8) is 0 Å². The molecule has 33 heavy (non-hydrogen) atoms. The minimum absolute atomic E-state index is 0.0789. The summed E-state index contributed by atoms with van der Waals surface area (Å²) in [5, 5.41) is 5.61. The largest absolute Gasteiger partial charge is 0.573 e. The van der Waals surface area contributed by atoms with Crippen LogP contribution in [0.3, 0.4) is 0 Å². The van der Waals surface area contributed by atoms with Crippen LogP contribution in [0.2, 0.25) is 0 Å². The monoisotopic (exact) mass is 466 g/mol. The van der Waals surface area contributed by atoms with E-state index < -0.39 is 18.4 Å². The first-order valence-electron chi connectivity index (χ1n) is 10.9. The van der Waals surface area contributed by atoms with E-state index in [0.717, 1.165) is 25.7 Å². The summed E-state index contributed by atoms with van der Waals surface area (Å²) in [5.41, 5.74) is 1.15. The second-order valence-electron chi connectivity index (χ2n) is 8.15. The number of benzene rings is 1. The van der Waals surface area contributed by atoms with Crippen LogP contribution in [0.15, 0.2) is 40.8 Å². The highest BCUT2D eigenvalue weighted by Crippen LogP contribution is 2.27. The molecule has 0 spiro atoms. The SMILES string of the molecule is O=C1CN(C(=O)NC(COC2CCCC2)c2ccc(OC(F)(F)F)cc2)C2=C(CCC=N2)N1. The molecular formula is C22H25F3N4O4. The van der Waals surface area contributed by atoms with Crippen LogP contribution in [0.5, 0.6) is 5.75 Å². The van der Waals surface area contributed by atoms with Crippen molar-refractivity contribution in [1.29, 1.82) is 0 Å². The van der Waals surface area contributed by atoms with Crippen LogP contribution in [-0.2, 0) is 9.53 Å². The Hall–Kier alpha value is -3.08. The van der Waals surface area contributed by atoms with E-state index in [1.165, 1.54) is 29.2 Å². The number of nitrogens with zero attached hydrogens (tertiary/aromatic N) is 2. The van der Waals surface area contributed by atoms with Crippen LogP contribution >= 0.6 is 0 Å². The third-order valence-electron chi connectivity index (χ3n) is 5.71. The van der Waals surface area contributed by atoms with E-state index in [0.29, 0.717) is 29.9 Å². The van der Waals surface area contributed by atoms with Crippen LogP contribution in [0, 0.1) is 0 Å². The molecule has 2 heterocycles. The van der Waals surface area contributed by atoms with Crippen molar-refractivity contribution in [1.82, 2.24) is 15.5 Å². The molecule has 2 N–H and O–H groups in total. The number of carbonyl (C=O) groups is 2. The summed E-state index contributed by atoms with van der Waals surface area (Å²) in [7, 11) is 0. The highest BCUT2D eigenvalue weighted by atomic mass is 19.4. The normalized spacial score (nSPS) is 19.8. The van der Waals surface area contributed by atoms with Gasteiger partial charge in [-0.25, -0.2) is 9.79 Å². The molecule has 4 rings (SSSR count). The molecule has 1 atom stereocenters. The van der Waals surface area contributed by atoms with Gasteiger partial charge in [0.05, 0.1) is 24.4 Å². The second-order valence-corrected chi connectivity index (χ2v) is 8.15. The third kappa shape index (κ3) is 6.04. The maximum Gasteiger partial charge on any atom is 0.573 e. The molecular weight excluding hydrogens is 441 g/mol. The molecule has 1 saturated carbocycles. The molecule has 1 aliphatic carbocycles. The van der Waals surface area contributed by atoms with Gasteiger partial charge in [0.25, 0.3) is 0 Å². The van der Waals surface area contributed by atoms with E-state index in [1.807, 2.05) is 0 Å². The Labute approximate surface area is 188 Å². The molecule has 0 aromatic heterocycles. The Bertz CT molecular complexity index is 940. The number of rotatable bonds is 6. The minimum Gasteiger partial charge on any atom is -0.406 e. The summed E-state index contributed by atoms with van der Waals surface area (Å²) in [6.07, 6.45) is 2.22. The van der Waals surface area contributed by atoms with Crippen molar-refractivity contribution in [2.45, 2.75) is 57.0 Å². The van der Waals surface area contributed by atoms with E-state index >= 15 is 0 Å². The van der Waals surface area contributed by atoms with Gasteiger partial charge in [-0.3, -0.25) is 9.69 Å². The van der Waals surface area contributed by atoms with Gasteiger partial charge in [-0.2, -0.15) is 0 Å². The maximum atomic E-state index is 13.1. The summed E-state index contributed by atoms with van der Waals surface area (Å²) in [4.78, 5) is 30.8. The van der Waals surface area contributed by atoms with Crippen molar-refractivity contribution in [2.24, 2.45) is 4.99 Å². The van der Waals surface area contributed by atoms with Crippen molar-refractivity contribution in [3.8, 4) is 5.75 Å². The van der Waals surface area contributed by atoms with Crippen molar-refractivity contribution in [2.75, 3.05) is 13.2 Å². The lowest BCUT2D eigenvalue weighted by Gasteiger charge is -2.32. The van der Waals surface area contributed by atoms with Gasteiger partial charge in [0.15, 0.2) is 5.82 Å². The smallest absolute Gasteiger partial charge is 0.406 e. The molecule has 11 heteroatoms. The van der Waals surface area contributed by atoms with E-state index in [9.17, 15) is 22.8 Å². The van der Waals surface area contributed by atoms with Crippen LogP contribution in [-0.4, -0.2) is 48.7 Å². The van der Waals surface area contributed by atoms with Crippen LogP contribution in [0.4, 0.5) is 18.0 Å². The molecule has 8 nitrogen and oxygen atoms in total. The van der Waals surface area contributed by atoms with Gasteiger partial charge in [0.2, 0.25) is 5.91 Å². The first kappa shape index (κ1) is 23.1. The summed E-state index contributed by atoms with van der Waals surface area (Å²) in [6.45, 7) is -0.0400. The fraction of sp³-hybridized carbons (Fsp3) is 0.500. The zero-order valence-corrected chi connectivity index (χ0v) is 17.9. The van der Waals surface area contributed by atoms with E-state index in [1.54, 1.807) is 6.21 Å². The predicted molar refractivity (Wildman–Crippen MR) is 112 cm³/mol. The molecule has 3 amide bonds. The van der Waals surface area contributed by atoms with Crippen molar-refractivity contribution in [3.05, 3.63) is 41.3 Å². The number of allylic oxidation sites excluding steroid dienone is 1. The van der Waals surface area contributed by atoms with Gasteiger partial charge >= 0.3 is 12.4 Å². The zero-order chi connectivity index (χ0) is 23.4. The quantitative estimate of drug-likeness (QED) is 0.668. The van der Waals surface area contributed by atoms with Gasteiger partial charge in [0, 0.05) is 6.21 Å². The van der Waals surface area contributed by atoms with Gasteiger partial charge in [-0.15, -0.1) is 13.2 Å². The van der Waals surface area contributed by atoms with Gasteiger partial charge < -0.3 is 20.1 Å². The number of ether oxygens (including phenoxy) is 2. The number of urea groups is 1. The number of carbonyl (C=O) groups excluding carboxylic acids is 2. The average Bonchev–Trinajstić information content (AvgIpc) is 3.29. The fourth-order valence-electron chi connectivity index (χ4n) is 4.13. The highest BCUT2D eigenvalue weighted by Gasteiger charge is 2.33. The standard InChI is InChI=1S/C22H25F3N4O4/c23-22(24,25)33-16-9-7-14(8-10-16)18(13-32-15-4-1-2-5-15)28-21(31)29-12-19(30)27-17-6-3-11-26-20(17)29/h7-11,15,18H,1-6,12-13H2,(H,27,30)(H,28,31). The first-order chi connectivity index (χ1) is 15.8. The maximum absolute atomic E-state index is 13.1. The fourth-order valence-corrected chi connectivity index (χ4v) is 4.13. The first-order valence-corrected chi connectivity index (χ1v) is 10.9. The number of hydrogen-bond donors (Lipinski definition) is 2. The molecule has 2 aliphatic heterocycles. The lowest BCUT2D eigenvalue weighted by Crippen LogP contribution is -2.50. The summed E-state index contributed by atoms with van der Waals surface area (Å²) >= 11 is 0. The summed E-state index contributed by atoms with van der Waals surface area (Å²) < 4.78 is 47.4. The van der Waals surface area contributed by atoms with Crippen molar-refractivity contribution >= 4 is 18.2 Å². The van der Waals surface area contributed by atoms with Crippen LogP contribution < -0.4 is 15.4 Å². The summed E-state index contributed by atoms with van der Waals surface area (Å²) in [5.74, 6) is -0.275. The number of aliphatic imine (C=N–C) groups is 1. The van der Waals surface area contributed by atoms with E-state index in [4.69, 9.17) is 4.74 Å². The Kier molecular flexibility index (Phi) is 6.87. The Morgan fingerprint density at radius 3 is 2.67 bits per heavy atom. The molecule has 1 unspecified atom stereocenters. The van der Waals surface area contributed by atoms with E-state index in [2.05, 4.69) is 20.4 Å². The Morgan fingerprint density at radius 2 is 1.97 bits per heavy atom. The molecule has 0 bridgehead atoms. The molecule has 3 aliphatic rings. The minimum atomic E-state index is -4.79. The molecule has 1 fully saturated rings. The molecule has 1 aromatic carbocycles. The lowest BCUT2D eigenvalue weighted by atomic mass is 10.1. The number of hydrogen-bond acceptors (Lipinski definition) is 5. The number of amides is 3. The third-order valence-corrected chi connectivity index (χ3v) is 5.71. The second kappa shape index (κ2) is 9.82. The number of nitrogens with one attached hydrogen (secondary N) is 2. The van der Waals surface area contributed by atoms with Gasteiger partial charge in [-0.05, 0) is 43.4 Å². The van der Waals surface area contributed by atoms with Crippen LogP contribution in [0.25, 0.3) is 0 Å². The predicted octanol–water partition coefficient (Wildman–Crippen LogP) is 3.76. The molecule has 178 valence electrons. The number of alkyl halides is 3. The van der Waals surface area contributed by atoms with E-state index in [-0.39, 0.29) is 30.9 Å². The average molecular weight is 466 g/mol. The highest BCUT2D eigenvalue weighted by molar-refractivity contribution is 5.89.